The molecule has 0 saturated carbocycles. The first-order chi connectivity index (χ1) is 10.7. The molecule has 0 aromatic heterocycles. The zero-order valence-corrected chi connectivity index (χ0v) is 12.0. The van der Waals surface area contributed by atoms with Crippen molar-refractivity contribution in [1.29, 1.82) is 0 Å². The summed E-state index contributed by atoms with van der Waals surface area (Å²) in [5.74, 6) is 0.611. The van der Waals surface area contributed by atoms with Crippen LogP contribution in [0.25, 0.3) is 0 Å². The lowest BCUT2D eigenvalue weighted by molar-refractivity contribution is -0.118. The number of anilines is 1. The maximum atomic E-state index is 11.8. The molecule has 2 N–H and O–H groups in total. The van der Waals surface area contributed by atoms with Gasteiger partial charge in [-0.1, -0.05) is 23.4 Å². The zero-order valence-electron chi connectivity index (χ0n) is 12.0. The summed E-state index contributed by atoms with van der Waals surface area (Å²) in [6, 6.07) is 14.1. The molecule has 22 heavy (non-hydrogen) atoms. The number of rotatable bonds is 6. The van der Waals surface area contributed by atoms with Crippen LogP contribution in [0.1, 0.15) is 5.56 Å². The topological polar surface area (TPSA) is 80.2 Å². The highest BCUT2D eigenvalue weighted by atomic mass is 16.5. The van der Waals surface area contributed by atoms with Crippen molar-refractivity contribution in [2.24, 2.45) is 5.16 Å². The van der Waals surface area contributed by atoms with Crippen molar-refractivity contribution in [2.75, 3.05) is 19.0 Å². The number of carbonyl (C=O) groups excluding carboxylic acids is 1. The van der Waals surface area contributed by atoms with Crippen LogP contribution in [0.4, 0.5) is 5.69 Å². The maximum Gasteiger partial charge on any atom is 0.262 e. The molecular weight excluding hydrogens is 284 g/mol. The first-order valence-corrected chi connectivity index (χ1v) is 6.56. The molecule has 0 aliphatic rings. The molecule has 0 aliphatic heterocycles. The van der Waals surface area contributed by atoms with Crippen molar-refractivity contribution in [2.45, 2.75) is 0 Å². The summed E-state index contributed by atoms with van der Waals surface area (Å²) >= 11 is 0. The van der Waals surface area contributed by atoms with E-state index in [9.17, 15) is 4.79 Å². The van der Waals surface area contributed by atoms with E-state index in [1.54, 1.807) is 30.3 Å². The Morgan fingerprint density at radius 2 is 2.00 bits per heavy atom. The van der Waals surface area contributed by atoms with Gasteiger partial charge in [-0.25, -0.2) is 0 Å². The number of nitrogens with one attached hydrogen (secondary N) is 1. The quantitative estimate of drug-likeness (QED) is 0.488. The molecule has 0 atom stereocenters. The molecule has 0 fully saturated rings. The number of oxime groups is 1. The van der Waals surface area contributed by atoms with E-state index in [-0.39, 0.29) is 12.5 Å². The van der Waals surface area contributed by atoms with Gasteiger partial charge in [0.2, 0.25) is 0 Å². The van der Waals surface area contributed by atoms with Gasteiger partial charge in [-0.2, -0.15) is 0 Å². The van der Waals surface area contributed by atoms with E-state index in [4.69, 9.17) is 14.7 Å². The van der Waals surface area contributed by atoms with E-state index < -0.39 is 0 Å². The lowest BCUT2D eigenvalue weighted by Gasteiger charge is -2.11. The second-order valence-electron chi connectivity index (χ2n) is 4.36. The summed E-state index contributed by atoms with van der Waals surface area (Å²) in [6.45, 7) is -0.140. The summed E-state index contributed by atoms with van der Waals surface area (Å²) in [6.07, 6.45) is 1.27. The SMILES string of the molecule is COc1cc(/C=N/O)ccc1OCC(=O)Nc1ccccc1. The number of ether oxygens (including phenoxy) is 2. The number of hydrogen-bond donors (Lipinski definition) is 2. The molecule has 0 spiro atoms. The van der Waals surface area contributed by atoms with Crippen LogP contribution in [0, 0.1) is 0 Å². The van der Waals surface area contributed by atoms with E-state index in [1.807, 2.05) is 18.2 Å². The number of methoxy groups -OCH3 is 1. The lowest BCUT2D eigenvalue weighted by atomic mass is 10.2. The fraction of sp³-hybridized carbons (Fsp3) is 0.125. The van der Waals surface area contributed by atoms with Crippen molar-refractivity contribution in [3.63, 3.8) is 0 Å². The second-order valence-corrected chi connectivity index (χ2v) is 4.36. The maximum absolute atomic E-state index is 11.8. The molecule has 0 radical (unpaired) electrons. The average molecular weight is 300 g/mol. The molecule has 0 heterocycles. The third kappa shape index (κ3) is 4.24. The Balaban J connectivity index is 1.97. The third-order valence-electron chi connectivity index (χ3n) is 2.81. The Morgan fingerprint density at radius 1 is 1.23 bits per heavy atom. The Hall–Kier alpha value is -3.02. The van der Waals surface area contributed by atoms with Gasteiger partial charge in [-0.05, 0) is 30.3 Å². The molecule has 6 nitrogen and oxygen atoms in total. The van der Waals surface area contributed by atoms with Crippen LogP contribution in [-0.4, -0.2) is 31.0 Å². The van der Waals surface area contributed by atoms with Gasteiger partial charge in [0.25, 0.3) is 5.91 Å². The molecule has 0 aliphatic carbocycles. The van der Waals surface area contributed by atoms with Gasteiger partial charge in [0, 0.05) is 11.3 Å². The number of amides is 1. The summed E-state index contributed by atoms with van der Waals surface area (Å²) in [7, 11) is 1.49. The lowest BCUT2D eigenvalue weighted by Crippen LogP contribution is -2.20. The predicted molar refractivity (Wildman–Crippen MR) is 82.9 cm³/mol. The second kappa shape index (κ2) is 7.68. The fourth-order valence-corrected chi connectivity index (χ4v) is 1.81. The van der Waals surface area contributed by atoms with Crippen LogP contribution < -0.4 is 14.8 Å². The summed E-state index contributed by atoms with van der Waals surface area (Å²) in [5.41, 5.74) is 1.36. The number of carbonyl (C=O) groups is 1. The van der Waals surface area contributed by atoms with E-state index in [1.165, 1.54) is 13.3 Å². The molecule has 6 heteroatoms. The summed E-state index contributed by atoms with van der Waals surface area (Å²) in [4.78, 5) is 11.8. The van der Waals surface area contributed by atoms with E-state index in [2.05, 4.69) is 10.5 Å². The van der Waals surface area contributed by atoms with Crippen molar-refractivity contribution in [1.82, 2.24) is 0 Å². The molecule has 0 bridgehead atoms. The number of para-hydroxylation sites is 1. The van der Waals surface area contributed by atoms with Crippen molar-refractivity contribution in [3.05, 3.63) is 54.1 Å². The normalized spacial score (nSPS) is 10.4. The smallest absolute Gasteiger partial charge is 0.262 e. The van der Waals surface area contributed by atoms with Gasteiger partial charge in [0.1, 0.15) is 0 Å². The third-order valence-corrected chi connectivity index (χ3v) is 2.81. The monoisotopic (exact) mass is 300 g/mol. The van der Waals surface area contributed by atoms with Crippen LogP contribution in [-0.2, 0) is 4.79 Å². The van der Waals surface area contributed by atoms with Gasteiger partial charge >= 0.3 is 0 Å². The van der Waals surface area contributed by atoms with Gasteiger partial charge < -0.3 is 20.0 Å². The molecule has 2 aromatic rings. The van der Waals surface area contributed by atoms with Gasteiger partial charge in [0.15, 0.2) is 18.1 Å². The first-order valence-electron chi connectivity index (χ1n) is 6.56. The highest BCUT2D eigenvalue weighted by molar-refractivity contribution is 5.91. The minimum Gasteiger partial charge on any atom is -0.493 e. The van der Waals surface area contributed by atoms with Gasteiger partial charge in [-0.15, -0.1) is 0 Å². The van der Waals surface area contributed by atoms with E-state index >= 15 is 0 Å². The zero-order chi connectivity index (χ0) is 15.8. The van der Waals surface area contributed by atoms with Crippen LogP contribution in [0.3, 0.4) is 0 Å². The van der Waals surface area contributed by atoms with E-state index in [0.29, 0.717) is 22.7 Å². The minimum absolute atomic E-state index is 0.140. The molecule has 2 rings (SSSR count). The standard InChI is InChI=1S/C16H16N2O4/c1-21-15-9-12(10-17-20)7-8-14(15)22-11-16(19)18-13-5-3-2-4-6-13/h2-10,20H,11H2,1H3,(H,18,19)/b17-10+. The number of benzene rings is 2. The van der Waals surface area contributed by atoms with Crippen molar-refractivity contribution in [3.8, 4) is 11.5 Å². The first kappa shape index (κ1) is 15.4. The Labute approximate surface area is 128 Å². The molecular formula is C16H16N2O4. The largest absolute Gasteiger partial charge is 0.493 e. The molecule has 1 amide bonds. The Morgan fingerprint density at radius 3 is 2.68 bits per heavy atom. The number of hydrogen-bond acceptors (Lipinski definition) is 5. The minimum atomic E-state index is -0.269. The van der Waals surface area contributed by atoms with Crippen molar-refractivity contribution >= 4 is 17.8 Å². The van der Waals surface area contributed by atoms with E-state index in [0.717, 1.165) is 0 Å². The number of nitrogens with zero attached hydrogens (tertiary/aromatic N) is 1. The molecule has 0 unspecified atom stereocenters. The van der Waals surface area contributed by atoms with Crippen LogP contribution >= 0.6 is 0 Å². The Kier molecular flexibility index (Phi) is 5.37. The molecule has 114 valence electrons. The average Bonchev–Trinajstić information content (AvgIpc) is 2.54. The van der Waals surface area contributed by atoms with Crippen LogP contribution in [0.2, 0.25) is 0 Å². The Bertz CT molecular complexity index is 656. The highest BCUT2D eigenvalue weighted by Crippen LogP contribution is 2.27. The van der Waals surface area contributed by atoms with Gasteiger partial charge in [-0.3, -0.25) is 4.79 Å². The summed E-state index contributed by atoms with van der Waals surface area (Å²) in [5, 5.41) is 14.2. The van der Waals surface area contributed by atoms with Crippen molar-refractivity contribution < 1.29 is 19.5 Å². The fourth-order valence-electron chi connectivity index (χ4n) is 1.81. The van der Waals surface area contributed by atoms with Crippen LogP contribution in [0.15, 0.2) is 53.7 Å². The predicted octanol–water partition coefficient (Wildman–Crippen LogP) is 2.52. The summed E-state index contributed by atoms with van der Waals surface area (Å²) < 4.78 is 10.6. The van der Waals surface area contributed by atoms with Gasteiger partial charge in [0.05, 0.1) is 13.3 Å². The van der Waals surface area contributed by atoms with Crippen LogP contribution in [0.5, 0.6) is 11.5 Å². The highest BCUT2D eigenvalue weighted by Gasteiger charge is 2.08. The molecule has 2 aromatic carbocycles. The molecule has 0 saturated heterocycles.